The van der Waals surface area contributed by atoms with Gasteiger partial charge in [-0.05, 0) is 155 Å². The van der Waals surface area contributed by atoms with Gasteiger partial charge in [0.25, 0.3) is 0 Å². The van der Waals surface area contributed by atoms with Gasteiger partial charge in [-0.15, -0.1) is 0 Å². The van der Waals surface area contributed by atoms with E-state index >= 15 is 0 Å². The number of rotatable bonds is 10. The van der Waals surface area contributed by atoms with E-state index in [9.17, 15) is 25.6 Å². The molecule has 8 aromatic carbocycles. The molecule has 0 heterocycles. The largest absolute Gasteiger partial charge is 0.457 e. The predicted octanol–water partition coefficient (Wildman–Crippen LogP) is 11.6. The third-order valence-corrected chi connectivity index (χ3v) is 14.1. The molecule has 10 heteroatoms. The first-order chi connectivity index (χ1) is 28.5. The lowest BCUT2D eigenvalue weighted by atomic mass is 9.68. The van der Waals surface area contributed by atoms with E-state index in [1.165, 1.54) is 48.5 Å². The highest BCUT2D eigenvalue weighted by atomic mass is 32.2. The van der Waals surface area contributed by atoms with Gasteiger partial charge in [-0.3, -0.25) is 0 Å². The van der Waals surface area contributed by atoms with E-state index in [0.29, 0.717) is 23.0 Å². The Balaban J connectivity index is 1.01. The predicted molar refractivity (Wildman–Crippen MR) is 220 cm³/mol. The van der Waals surface area contributed by atoms with E-state index in [1.807, 2.05) is 72.8 Å². The molecule has 6 nitrogen and oxygen atoms in total. The third kappa shape index (κ3) is 6.76. The molecule has 0 fully saturated rings. The summed E-state index contributed by atoms with van der Waals surface area (Å²) < 4.78 is 91.6. The van der Waals surface area contributed by atoms with Crippen molar-refractivity contribution in [1.29, 1.82) is 0 Å². The Labute approximate surface area is 340 Å². The third-order valence-electron chi connectivity index (χ3n) is 10.5. The molecule has 0 N–H and O–H groups in total. The van der Waals surface area contributed by atoms with E-state index < -0.39 is 36.7 Å². The van der Waals surface area contributed by atoms with Crippen molar-refractivity contribution in [1.82, 2.24) is 0 Å². The summed E-state index contributed by atoms with van der Waals surface area (Å²) in [7, 11) is -7.67. The van der Waals surface area contributed by atoms with Gasteiger partial charge < -0.3 is 9.47 Å². The molecule has 0 atom stereocenters. The van der Waals surface area contributed by atoms with Crippen LogP contribution in [-0.4, -0.2) is 16.8 Å². The molecule has 0 saturated heterocycles. The normalized spacial score (nSPS) is 13.0. The molecule has 0 unspecified atom stereocenters. The van der Waals surface area contributed by atoms with Crippen molar-refractivity contribution in [2.24, 2.45) is 0 Å². The van der Waals surface area contributed by atoms with Crippen LogP contribution in [0.3, 0.4) is 0 Å². The second kappa shape index (κ2) is 14.8. The van der Waals surface area contributed by atoms with Gasteiger partial charge in [0.2, 0.25) is 19.7 Å². The van der Waals surface area contributed by atoms with Crippen LogP contribution in [0.2, 0.25) is 0 Å². The highest BCUT2D eigenvalue weighted by Crippen LogP contribution is 2.56. The highest BCUT2D eigenvalue weighted by molar-refractivity contribution is 7.91. The van der Waals surface area contributed by atoms with Crippen molar-refractivity contribution in [3.63, 3.8) is 0 Å². The summed E-state index contributed by atoms with van der Waals surface area (Å²) in [5, 5.41) is 0. The molecule has 0 spiro atoms. The smallest absolute Gasteiger partial charge is 0.206 e. The molecule has 8 aromatic rings. The molecule has 0 bridgehead atoms. The molecule has 9 rings (SSSR count). The van der Waals surface area contributed by atoms with Crippen LogP contribution in [0.4, 0.5) is 8.78 Å². The summed E-state index contributed by atoms with van der Waals surface area (Å²) in [5.41, 5.74) is 5.74. The summed E-state index contributed by atoms with van der Waals surface area (Å²) in [6.45, 7) is 0. The van der Waals surface area contributed by atoms with Gasteiger partial charge in [-0.2, -0.15) is 0 Å². The minimum absolute atomic E-state index is 0.000523. The van der Waals surface area contributed by atoms with Crippen molar-refractivity contribution in [3.05, 3.63) is 228 Å². The fraction of sp³-hybridized carbons (Fsp3) is 0.0204. The van der Waals surface area contributed by atoms with Gasteiger partial charge in [0.15, 0.2) is 0 Å². The molecular formula is C49H32F2O6S2. The minimum atomic E-state index is -3.84. The first kappa shape index (κ1) is 37.7. The Morgan fingerprint density at radius 3 is 0.932 bits per heavy atom. The average molecular weight is 819 g/mol. The molecule has 59 heavy (non-hydrogen) atoms. The monoisotopic (exact) mass is 818 g/mol. The number of benzene rings is 8. The summed E-state index contributed by atoms with van der Waals surface area (Å²) in [4.78, 5) is 0.130. The van der Waals surface area contributed by atoms with Crippen molar-refractivity contribution in [2.45, 2.75) is 25.0 Å². The molecule has 0 saturated carbocycles. The summed E-state index contributed by atoms with van der Waals surface area (Å²) in [5.74, 6) is 0.967. The second-order valence-corrected chi connectivity index (χ2v) is 17.9. The second-order valence-electron chi connectivity index (χ2n) is 14.0. The van der Waals surface area contributed by atoms with E-state index in [-0.39, 0.29) is 19.6 Å². The number of halogens is 2. The Morgan fingerprint density at radius 2 is 0.610 bits per heavy atom. The van der Waals surface area contributed by atoms with Crippen LogP contribution in [0.25, 0.3) is 11.1 Å². The van der Waals surface area contributed by atoms with Crippen LogP contribution in [0.1, 0.15) is 22.3 Å². The molecule has 0 amide bonds. The number of hydrogen-bond acceptors (Lipinski definition) is 6. The first-order valence-electron chi connectivity index (χ1n) is 18.5. The lowest BCUT2D eigenvalue weighted by Gasteiger charge is -2.34. The maximum Gasteiger partial charge on any atom is 0.206 e. The molecule has 0 aromatic heterocycles. The van der Waals surface area contributed by atoms with E-state index in [1.54, 1.807) is 24.3 Å². The lowest BCUT2D eigenvalue weighted by Crippen LogP contribution is -2.28. The van der Waals surface area contributed by atoms with E-state index in [2.05, 4.69) is 24.3 Å². The molecular weight excluding hydrogens is 787 g/mol. The summed E-state index contributed by atoms with van der Waals surface area (Å²) in [6, 6.07) is 54.0. The molecule has 290 valence electrons. The van der Waals surface area contributed by atoms with Gasteiger partial charge in [0.1, 0.15) is 34.6 Å². The fourth-order valence-corrected chi connectivity index (χ4v) is 10.2. The summed E-state index contributed by atoms with van der Waals surface area (Å²) >= 11 is 0. The van der Waals surface area contributed by atoms with Crippen LogP contribution < -0.4 is 9.47 Å². The van der Waals surface area contributed by atoms with Gasteiger partial charge in [0, 0.05) is 0 Å². The van der Waals surface area contributed by atoms with E-state index in [4.69, 9.17) is 9.47 Å². The summed E-state index contributed by atoms with van der Waals surface area (Å²) in [6.07, 6.45) is 0. The van der Waals surface area contributed by atoms with Crippen molar-refractivity contribution in [3.8, 4) is 34.1 Å². The number of sulfone groups is 2. The maximum absolute atomic E-state index is 13.4. The van der Waals surface area contributed by atoms with Crippen LogP contribution >= 0.6 is 0 Å². The van der Waals surface area contributed by atoms with Crippen LogP contribution in [0.5, 0.6) is 23.0 Å². The quantitative estimate of drug-likeness (QED) is 0.128. The Kier molecular flexibility index (Phi) is 9.46. The number of ether oxygens (including phenoxy) is 2. The topological polar surface area (TPSA) is 86.7 Å². The van der Waals surface area contributed by atoms with Crippen molar-refractivity contribution in [2.75, 3.05) is 0 Å². The van der Waals surface area contributed by atoms with Gasteiger partial charge in [-0.25, -0.2) is 25.6 Å². The van der Waals surface area contributed by atoms with Crippen molar-refractivity contribution < 1.29 is 35.1 Å². The van der Waals surface area contributed by atoms with Crippen LogP contribution in [0, 0.1) is 11.6 Å². The van der Waals surface area contributed by atoms with Gasteiger partial charge in [-0.1, -0.05) is 72.8 Å². The van der Waals surface area contributed by atoms with Crippen LogP contribution in [-0.2, 0) is 25.1 Å². The zero-order valence-electron chi connectivity index (χ0n) is 31.0. The fourth-order valence-electron chi connectivity index (χ4n) is 7.72. The van der Waals surface area contributed by atoms with Gasteiger partial charge in [0.05, 0.1) is 25.0 Å². The zero-order chi connectivity index (χ0) is 40.8. The standard InChI is InChI=1S/C49H32F2O6S2/c50-35-13-25-41(26-14-35)58(52,53)43-29-21-39(22-30-43)56-37-17-9-33(10-18-37)49(47-7-3-1-5-45(47)46-6-2-4-8-48(46)49)34-11-19-38(20-12-34)57-40-23-31-44(32-24-40)59(54,55)42-27-15-36(51)16-28-42/h1-32H. The Morgan fingerprint density at radius 1 is 0.339 bits per heavy atom. The lowest BCUT2D eigenvalue weighted by molar-refractivity contribution is 0.481. The van der Waals surface area contributed by atoms with Crippen molar-refractivity contribution >= 4 is 19.7 Å². The highest BCUT2D eigenvalue weighted by Gasteiger charge is 2.45. The Bertz CT molecular complexity index is 2830. The average Bonchev–Trinajstić information content (AvgIpc) is 3.56. The maximum atomic E-state index is 13.4. The van der Waals surface area contributed by atoms with E-state index in [0.717, 1.165) is 57.6 Å². The number of fused-ring (bicyclic) bond motifs is 3. The van der Waals surface area contributed by atoms with Crippen LogP contribution in [0.15, 0.2) is 214 Å². The molecule has 0 aliphatic heterocycles. The van der Waals surface area contributed by atoms with Gasteiger partial charge >= 0.3 is 0 Å². The molecule has 1 aliphatic carbocycles. The molecule has 1 aliphatic rings. The first-order valence-corrected chi connectivity index (χ1v) is 21.5. The molecule has 0 radical (unpaired) electrons. The number of hydrogen-bond donors (Lipinski definition) is 0. The minimum Gasteiger partial charge on any atom is -0.457 e. The SMILES string of the molecule is O=S(=O)(c1ccc(F)cc1)c1ccc(Oc2ccc(C3(c4ccc(Oc5ccc(S(=O)(=O)c6ccc(F)cc6)cc5)cc4)c4ccccc4-c4ccccc43)cc2)cc1. The zero-order valence-corrected chi connectivity index (χ0v) is 32.6. The Hall–Kier alpha value is -6.88.